The van der Waals surface area contributed by atoms with Crippen LogP contribution in [0.2, 0.25) is 5.02 Å². The minimum Gasteiger partial charge on any atom is -0.497 e. The molecule has 1 aliphatic heterocycles. The molecular formula is C30H25ClN2O5. The second-order valence-electron chi connectivity index (χ2n) is 8.59. The van der Waals surface area contributed by atoms with Crippen LogP contribution in [0.3, 0.4) is 0 Å². The summed E-state index contributed by atoms with van der Waals surface area (Å²) in [5.41, 5.74) is 5.31. The maximum atomic E-state index is 12.7. The van der Waals surface area contributed by atoms with E-state index >= 15 is 0 Å². The van der Waals surface area contributed by atoms with E-state index in [0.29, 0.717) is 22.2 Å². The number of hydrogen-bond acceptors (Lipinski definition) is 6. The van der Waals surface area contributed by atoms with Crippen molar-refractivity contribution in [3.05, 3.63) is 83.9 Å². The molecule has 0 aliphatic carbocycles. The zero-order valence-electron chi connectivity index (χ0n) is 20.9. The van der Waals surface area contributed by atoms with Gasteiger partial charge in [0.2, 0.25) is 0 Å². The number of esters is 1. The SMILES string of the molecule is CCOC(=O)CN1C(=O)COc2ccc(-c3cc(-c4ccccc4Cl)cc(-c4ccc(OC)cc4)n3)cc21. The molecule has 0 atom stereocenters. The first-order chi connectivity index (χ1) is 18.5. The fraction of sp³-hybridized carbons (Fsp3) is 0.167. The lowest BCUT2D eigenvalue weighted by Crippen LogP contribution is -2.42. The summed E-state index contributed by atoms with van der Waals surface area (Å²) in [7, 11) is 1.62. The van der Waals surface area contributed by atoms with E-state index in [4.69, 9.17) is 30.8 Å². The summed E-state index contributed by atoms with van der Waals surface area (Å²) < 4.78 is 16.0. The monoisotopic (exact) mass is 528 g/mol. The van der Waals surface area contributed by atoms with Crippen LogP contribution < -0.4 is 14.4 Å². The van der Waals surface area contributed by atoms with Crippen LogP contribution >= 0.6 is 11.6 Å². The molecule has 3 aromatic carbocycles. The lowest BCUT2D eigenvalue weighted by atomic mass is 9.99. The Kier molecular flexibility index (Phi) is 7.29. The fourth-order valence-corrected chi connectivity index (χ4v) is 4.55. The van der Waals surface area contributed by atoms with Crippen LogP contribution in [0.4, 0.5) is 5.69 Å². The molecule has 5 rings (SSSR count). The van der Waals surface area contributed by atoms with E-state index in [9.17, 15) is 9.59 Å². The minimum absolute atomic E-state index is 0.145. The number of nitrogens with zero attached hydrogens (tertiary/aromatic N) is 2. The van der Waals surface area contributed by atoms with Gasteiger partial charge in [0.1, 0.15) is 18.0 Å². The average molecular weight is 529 g/mol. The van der Waals surface area contributed by atoms with Crippen molar-refractivity contribution in [3.8, 4) is 45.1 Å². The van der Waals surface area contributed by atoms with E-state index in [0.717, 1.165) is 33.7 Å². The maximum absolute atomic E-state index is 12.7. The number of halogens is 1. The molecule has 192 valence electrons. The maximum Gasteiger partial charge on any atom is 0.326 e. The Bertz CT molecular complexity index is 1500. The molecule has 7 nitrogen and oxygen atoms in total. The van der Waals surface area contributed by atoms with Crippen molar-refractivity contribution in [2.75, 3.05) is 31.8 Å². The van der Waals surface area contributed by atoms with E-state index < -0.39 is 5.97 Å². The number of rotatable bonds is 7. The normalized spacial score (nSPS) is 12.5. The van der Waals surface area contributed by atoms with Gasteiger partial charge >= 0.3 is 5.97 Å². The Morgan fingerprint density at radius 1 is 0.974 bits per heavy atom. The molecule has 0 spiro atoms. The quantitative estimate of drug-likeness (QED) is 0.272. The van der Waals surface area contributed by atoms with Gasteiger partial charge in [0.25, 0.3) is 5.91 Å². The molecule has 1 aromatic heterocycles. The molecule has 1 aliphatic rings. The van der Waals surface area contributed by atoms with E-state index in [1.165, 1.54) is 4.90 Å². The molecule has 4 aromatic rings. The molecular weight excluding hydrogens is 504 g/mol. The standard InChI is InChI=1S/C30H25ClN2O5/c1-3-37-30(35)17-33-27-16-20(10-13-28(27)38-18-29(33)34)26-15-21(23-6-4-5-7-24(23)31)14-25(32-26)19-8-11-22(36-2)12-9-19/h4-16H,3,17-18H2,1-2H3. The van der Waals surface area contributed by atoms with Crippen LogP contribution in [0.25, 0.3) is 33.6 Å². The van der Waals surface area contributed by atoms with E-state index in [-0.39, 0.29) is 25.7 Å². The molecule has 0 bridgehead atoms. The van der Waals surface area contributed by atoms with Crippen molar-refractivity contribution >= 4 is 29.2 Å². The number of pyridine rings is 1. The molecule has 0 fully saturated rings. The van der Waals surface area contributed by atoms with Crippen molar-refractivity contribution in [2.45, 2.75) is 6.92 Å². The van der Waals surface area contributed by atoms with Crippen molar-refractivity contribution in [2.24, 2.45) is 0 Å². The van der Waals surface area contributed by atoms with E-state index in [1.54, 1.807) is 20.1 Å². The van der Waals surface area contributed by atoms with Crippen molar-refractivity contribution in [3.63, 3.8) is 0 Å². The van der Waals surface area contributed by atoms with Gasteiger partial charge in [-0.3, -0.25) is 14.5 Å². The van der Waals surface area contributed by atoms with Crippen LogP contribution in [-0.4, -0.2) is 43.7 Å². The topological polar surface area (TPSA) is 78.0 Å². The Hall–Kier alpha value is -4.36. The molecule has 0 N–H and O–H groups in total. The molecule has 1 amide bonds. The highest BCUT2D eigenvalue weighted by molar-refractivity contribution is 6.33. The number of methoxy groups -OCH3 is 1. The summed E-state index contributed by atoms with van der Waals surface area (Å²) in [4.78, 5) is 31.2. The number of amides is 1. The summed E-state index contributed by atoms with van der Waals surface area (Å²) in [5.74, 6) is 0.451. The average Bonchev–Trinajstić information content (AvgIpc) is 2.94. The Labute approximate surface area is 225 Å². The van der Waals surface area contributed by atoms with Crippen molar-refractivity contribution in [1.29, 1.82) is 0 Å². The van der Waals surface area contributed by atoms with Gasteiger partial charge in [0, 0.05) is 21.7 Å². The summed E-state index contributed by atoms with van der Waals surface area (Å²) in [6.45, 7) is 1.62. The van der Waals surface area contributed by atoms with Crippen molar-refractivity contribution in [1.82, 2.24) is 4.98 Å². The number of aromatic nitrogens is 1. The third kappa shape index (κ3) is 5.19. The number of fused-ring (bicyclic) bond motifs is 1. The first kappa shape index (κ1) is 25.3. The van der Waals surface area contributed by atoms with Gasteiger partial charge in [0.05, 0.1) is 30.8 Å². The highest BCUT2D eigenvalue weighted by atomic mass is 35.5. The minimum atomic E-state index is -0.486. The van der Waals surface area contributed by atoms with Gasteiger partial charge < -0.3 is 14.2 Å². The van der Waals surface area contributed by atoms with Crippen molar-refractivity contribution < 1.29 is 23.8 Å². The zero-order valence-corrected chi connectivity index (χ0v) is 21.7. The number of benzene rings is 3. The van der Waals surface area contributed by atoms with Crippen LogP contribution in [0.1, 0.15) is 6.92 Å². The molecule has 8 heteroatoms. The summed E-state index contributed by atoms with van der Waals surface area (Å²) >= 11 is 6.56. The Morgan fingerprint density at radius 3 is 2.39 bits per heavy atom. The van der Waals surface area contributed by atoms with Gasteiger partial charge in [-0.2, -0.15) is 0 Å². The third-order valence-corrected chi connectivity index (χ3v) is 6.52. The number of ether oxygens (including phenoxy) is 3. The second kappa shape index (κ2) is 10.9. The van der Waals surface area contributed by atoms with E-state index in [2.05, 4.69) is 0 Å². The molecule has 38 heavy (non-hydrogen) atoms. The second-order valence-corrected chi connectivity index (χ2v) is 9.00. The van der Waals surface area contributed by atoms with Gasteiger partial charge in [0.15, 0.2) is 6.61 Å². The first-order valence-corrected chi connectivity index (χ1v) is 12.5. The van der Waals surface area contributed by atoms with Crippen LogP contribution in [-0.2, 0) is 14.3 Å². The highest BCUT2D eigenvalue weighted by Gasteiger charge is 2.28. The van der Waals surface area contributed by atoms with Gasteiger partial charge in [-0.1, -0.05) is 29.8 Å². The van der Waals surface area contributed by atoms with E-state index in [1.807, 2.05) is 72.8 Å². The van der Waals surface area contributed by atoms with Crippen LogP contribution in [0.5, 0.6) is 11.5 Å². The molecule has 0 radical (unpaired) electrons. The van der Waals surface area contributed by atoms with Crippen LogP contribution in [0.15, 0.2) is 78.9 Å². The summed E-state index contributed by atoms with van der Waals surface area (Å²) in [5, 5.41) is 0.621. The van der Waals surface area contributed by atoms with Gasteiger partial charge in [-0.25, -0.2) is 4.98 Å². The molecule has 0 saturated carbocycles. The van der Waals surface area contributed by atoms with Crippen LogP contribution in [0, 0.1) is 0 Å². The van der Waals surface area contributed by atoms with Gasteiger partial charge in [-0.15, -0.1) is 0 Å². The number of carbonyl (C=O) groups excluding carboxylic acids is 2. The number of anilines is 1. The lowest BCUT2D eigenvalue weighted by Gasteiger charge is -2.29. The number of carbonyl (C=O) groups is 2. The smallest absolute Gasteiger partial charge is 0.326 e. The highest BCUT2D eigenvalue weighted by Crippen LogP contribution is 2.38. The largest absolute Gasteiger partial charge is 0.497 e. The third-order valence-electron chi connectivity index (χ3n) is 6.19. The zero-order chi connectivity index (χ0) is 26.6. The predicted molar refractivity (Wildman–Crippen MR) is 147 cm³/mol. The predicted octanol–water partition coefficient (Wildman–Crippen LogP) is 6.03. The fourth-order valence-electron chi connectivity index (χ4n) is 4.31. The lowest BCUT2D eigenvalue weighted by molar-refractivity contribution is -0.142. The first-order valence-electron chi connectivity index (χ1n) is 12.1. The summed E-state index contributed by atoms with van der Waals surface area (Å²) in [6, 6.07) is 24.7. The van der Waals surface area contributed by atoms with Gasteiger partial charge in [-0.05, 0) is 73.2 Å². The Balaban J connectivity index is 1.63. The Morgan fingerprint density at radius 2 is 1.68 bits per heavy atom. The molecule has 2 heterocycles. The molecule has 0 saturated heterocycles. The summed E-state index contributed by atoms with van der Waals surface area (Å²) in [6.07, 6.45) is 0. The number of hydrogen-bond donors (Lipinski definition) is 0. The molecule has 0 unspecified atom stereocenters.